The number of carbonyl (C=O) groups excluding carboxylic acids is 1. The van der Waals surface area contributed by atoms with E-state index in [4.69, 9.17) is 24.2 Å². The Balaban J connectivity index is 1.61. The van der Waals surface area contributed by atoms with E-state index in [9.17, 15) is 4.79 Å². The summed E-state index contributed by atoms with van der Waals surface area (Å²) in [4.78, 5) is 14.7. The summed E-state index contributed by atoms with van der Waals surface area (Å²) in [5.41, 5.74) is 1.41. The van der Waals surface area contributed by atoms with E-state index in [0.717, 1.165) is 12.0 Å². The molecule has 2 aliphatic heterocycles. The van der Waals surface area contributed by atoms with Gasteiger partial charge in [-0.3, -0.25) is 4.79 Å². The Morgan fingerprint density at radius 1 is 1.17 bits per heavy atom. The molecule has 2 aliphatic rings. The third-order valence-electron chi connectivity index (χ3n) is 5.06. The van der Waals surface area contributed by atoms with Gasteiger partial charge in [-0.2, -0.15) is 5.26 Å². The van der Waals surface area contributed by atoms with Gasteiger partial charge < -0.3 is 23.8 Å². The topological polar surface area (TPSA) is 81.0 Å². The van der Waals surface area contributed by atoms with E-state index in [0.29, 0.717) is 49.2 Å². The molecule has 4 rings (SSSR count). The lowest BCUT2D eigenvalue weighted by atomic mass is 9.89. The number of benzene rings is 2. The van der Waals surface area contributed by atoms with Gasteiger partial charge in [0.2, 0.25) is 6.10 Å². The quantitative estimate of drug-likeness (QED) is 0.531. The summed E-state index contributed by atoms with van der Waals surface area (Å²) >= 11 is 0. The van der Waals surface area contributed by atoms with E-state index in [1.165, 1.54) is 0 Å². The number of para-hydroxylation sites is 1. The number of carbonyl (C=O) groups is 1. The van der Waals surface area contributed by atoms with Crippen LogP contribution in [-0.2, 0) is 9.53 Å². The van der Waals surface area contributed by atoms with Crippen LogP contribution in [0.1, 0.15) is 23.6 Å². The molecule has 7 nitrogen and oxygen atoms in total. The largest absolute Gasteiger partial charge is 0.486 e. The fourth-order valence-corrected chi connectivity index (χ4v) is 3.68. The van der Waals surface area contributed by atoms with Crippen molar-refractivity contribution in [2.45, 2.75) is 18.6 Å². The second-order valence-electron chi connectivity index (χ2n) is 6.87. The highest BCUT2D eigenvalue weighted by atomic mass is 16.6. The molecular formula is C22H22N2O5. The van der Waals surface area contributed by atoms with Gasteiger partial charge in [0.05, 0.1) is 11.6 Å². The summed E-state index contributed by atoms with van der Waals surface area (Å²) in [5, 5.41) is 8.96. The molecule has 2 atom stereocenters. The number of hydrogen-bond donors (Lipinski definition) is 0. The summed E-state index contributed by atoms with van der Waals surface area (Å²) in [7, 11) is 1.64. The van der Waals surface area contributed by atoms with Crippen LogP contribution in [0.3, 0.4) is 0 Å². The average molecular weight is 394 g/mol. The van der Waals surface area contributed by atoms with Crippen molar-refractivity contribution in [2.75, 3.05) is 33.5 Å². The molecule has 2 aromatic rings. The zero-order valence-corrected chi connectivity index (χ0v) is 16.2. The van der Waals surface area contributed by atoms with Crippen molar-refractivity contribution in [3.05, 3.63) is 53.6 Å². The molecule has 7 heteroatoms. The second-order valence-corrected chi connectivity index (χ2v) is 6.87. The normalized spacial score (nSPS) is 20.0. The van der Waals surface area contributed by atoms with Crippen LogP contribution in [-0.4, -0.2) is 50.4 Å². The maximum absolute atomic E-state index is 12.9. The number of methoxy groups -OCH3 is 1. The number of rotatable bonds is 7. The molecular weight excluding hydrogens is 372 g/mol. The van der Waals surface area contributed by atoms with Crippen molar-refractivity contribution in [1.29, 1.82) is 5.26 Å². The van der Waals surface area contributed by atoms with Crippen molar-refractivity contribution in [2.24, 2.45) is 0 Å². The number of likely N-dealkylation sites (tertiary alicyclic amines) is 1. The Bertz CT molecular complexity index is 922. The lowest BCUT2D eigenvalue weighted by Gasteiger charge is -2.47. The number of fused-ring (bicyclic) bond motifs is 1. The van der Waals surface area contributed by atoms with Gasteiger partial charge in [-0.25, -0.2) is 0 Å². The lowest BCUT2D eigenvalue weighted by Crippen LogP contribution is -2.61. The molecule has 0 unspecified atom stereocenters. The molecule has 0 aliphatic carbocycles. The molecule has 0 bridgehead atoms. The summed E-state index contributed by atoms with van der Waals surface area (Å²) in [6, 6.07) is 14.3. The van der Waals surface area contributed by atoms with Gasteiger partial charge in [-0.05, 0) is 36.8 Å². The first-order valence-corrected chi connectivity index (χ1v) is 9.57. The first kappa shape index (κ1) is 19.1. The smallest absolute Gasteiger partial charge is 0.266 e. The van der Waals surface area contributed by atoms with Crippen LogP contribution in [0, 0.1) is 11.3 Å². The molecule has 1 fully saturated rings. The van der Waals surface area contributed by atoms with Gasteiger partial charge in [-0.1, -0.05) is 12.1 Å². The Morgan fingerprint density at radius 3 is 2.72 bits per heavy atom. The second kappa shape index (κ2) is 8.41. The molecule has 0 spiro atoms. The predicted molar refractivity (Wildman–Crippen MR) is 104 cm³/mol. The molecule has 29 heavy (non-hydrogen) atoms. The molecule has 0 radical (unpaired) electrons. The number of amides is 1. The number of hydrogen-bond acceptors (Lipinski definition) is 6. The lowest BCUT2D eigenvalue weighted by molar-refractivity contribution is -0.164. The van der Waals surface area contributed by atoms with Crippen molar-refractivity contribution in [3.8, 4) is 23.3 Å². The molecule has 1 amide bonds. The van der Waals surface area contributed by atoms with Gasteiger partial charge in [0, 0.05) is 25.8 Å². The maximum Gasteiger partial charge on any atom is 0.266 e. The molecule has 2 heterocycles. The highest BCUT2D eigenvalue weighted by Gasteiger charge is 2.51. The number of nitriles is 1. The SMILES string of the molecule is COCCCN1C(=O)[C@H](Oc2ccc(C#N)cc2)[C@H]1c1cccc2c1OCCO2. The maximum atomic E-state index is 12.9. The van der Waals surface area contributed by atoms with E-state index < -0.39 is 6.10 Å². The highest BCUT2D eigenvalue weighted by Crippen LogP contribution is 2.45. The van der Waals surface area contributed by atoms with Crippen LogP contribution in [0.2, 0.25) is 0 Å². The predicted octanol–water partition coefficient (Wildman–Crippen LogP) is 2.70. The Hall–Kier alpha value is -3.24. The van der Waals surface area contributed by atoms with E-state index >= 15 is 0 Å². The van der Waals surface area contributed by atoms with Crippen molar-refractivity contribution in [1.82, 2.24) is 4.90 Å². The zero-order chi connectivity index (χ0) is 20.2. The van der Waals surface area contributed by atoms with Crippen molar-refractivity contribution >= 4 is 5.91 Å². The van der Waals surface area contributed by atoms with Crippen molar-refractivity contribution in [3.63, 3.8) is 0 Å². The van der Waals surface area contributed by atoms with Gasteiger partial charge in [0.1, 0.15) is 25.0 Å². The summed E-state index contributed by atoms with van der Waals surface area (Å²) in [6.45, 7) is 2.11. The number of ether oxygens (including phenoxy) is 4. The molecule has 2 aromatic carbocycles. The molecule has 1 saturated heterocycles. The zero-order valence-electron chi connectivity index (χ0n) is 16.2. The third kappa shape index (κ3) is 3.71. The van der Waals surface area contributed by atoms with Crippen LogP contribution < -0.4 is 14.2 Å². The van der Waals surface area contributed by atoms with E-state index in [1.807, 2.05) is 18.2 Å². The van der Waals surface area contributed by atoms with Gasteiger partial charge >= 0.3 is 0 Å². The van der Waals surface area contributed by atoms with Crippen LogP contribution in [0.15, 0.2) is 42.5 Å². The fourth-order valence-electron chi connectivity index (χ4n) is 3.68. The Kier molecular flexibility index (Phi) is 5.54. The van der Waals surface area contributed by atoms with Crippen molar-refractivity contribution < 1.29 is 23.7 Å². The summed E-state index contributed by atoms with van der Waals surface area (Å²) in [6.07, 6.45) is 0.0665. The fraction of sp³-hybridized carbons (Fsp3) is 0.364. The highest BCUT2D eigenvalue weighted by molar-refractivity contribution is 5.89. The van der Waals surface area contributed by atoms with Gasteiger partial charge in [-0.15, -0.1) is 0 Å². The van der Waals surface area contributed by atoms with Gasteiger partial charge in [0.15, 0.2) is 11.5 Å². The standard InChI is InChI=1S/C22H22N2O5/c1-26-11-3-10-24-19(17-4-2-5-18-20(17)28-13-12-27-18)21(22(24)25)29-16-8-6-15(14-23)7-9-16/h2,4-9,19,21H,3,10-13H2,1H3/t19-,21-/m1/s1. The van der Waals surface area contributed by atoms with Crippen LogP contribution in [0.5, 0.6) is 17.2 Å². The third-order valence-corrected chi connectivity index (χ3v) is 5.06. The minimum atomic E-state index is -0.664. The number of β-lactam (4-membered cyclic amide) rings is 1. The minimum Gasteiger partial charge on any atom is -0.486 e. The molecule has 150 valence electrons. The average Bonchev–Trinajstić information content (AvgIpc) is 2.77. The van der Waals surface area contributed by atoms with Crippen LogP contribution >= 0.6 is 0 Å². The van der Waals surface area contributed by atoms with E-state index in [1.54, 1.807) is 36.3 Å². The Labute approximate surface area is 169 Å². The summed E-state index contributed by atoms with van der Waals surface area (Å²) < 4.78 is 22.7. The first-order chi connectivity index (χ1) is 14.2. The molecule has 0 N–H and O–H groups in total. The van der Waals surface area contributed by atoms with Crippen LogP contribution in [0.25, 0.3) is 0 Å². The minimum absolute atomic E-state index is 0.0789. The monoisotopic (exact) mass is 394 g/mol. The number of nitrogens with zero attached hydrogens (tertiary/aromatic N) is 2. The van der Waals surface area contributed by atoms with E-state index in [-0.39, 0.29) is 11.9 Å². The van der Waals surface area contributed by atoms with E-state index in [2.05, 4.69) is 6.07 Å². The van der Waals surface area contributed by atoms with Gasteiger partial charge in [0.25, 0.3) is 5.91 Å². The molecule has 0 saturated carbocycles. The van der Waals surface area contributed by atoms with Crippen LogP contribution in [0.4, 0.5) is 0 Å². The Morgan fingerprint density at radius 2 is 1.97 bits per heavy atom. The molecule has 0 aromatic heterocycles. The summed E-state index contributed by atoms with van der Waals surface area (Å²) in [5.74, 6) is 1.82. The first-order valence-electron chi connectivity index (χ1n) is 9.57.